The first-order chi connectivity index (χ1) is 1.00. The molecule has 0 aliphatic rings. The number of hydrogen-bond acceptors (Lipinski definition) is 1. The average Bonchev–Trinajstić information content (AvgIpc) is 1.00. The van der Waals surface area contributed by atoms with Crippen molar-refractivity contribution < 1.29 is 44.0 Å². The normalized spacial score (nSPS) is 0.750. The van der Waals surface area contributed by atoms with Gasteiger partial charge in [0.2, 0.25) is 0 Å². The van der Waals surface area contributed by atoms with E-state index in [2.05, 4.69) is 0 Å². The summed E-state index contributed by atoms with van der Waals surface area (Å²) in [6.45, 7) is 0. The second-order valence-corrected chi connectivity index (χ2v) is 0. The third kappa shape index (κ3) is 9.00. The molecule has 0 saturated heterocycles. The zero-order valence-corrected chi connectivity index (χ0v) is 9.67. The molecule has 0 amide bonds. The molecule has 0 rings (SSSR count). The van der Waals surface area contributed by atoms with E-state index in [1.54, 1.807) is 0 Å². The minimum absolute atomic E-state index is 0. The summed E-state index contributed by atoms with van der Waals surface area (Å²) in [5.41, 5.74) is 0. The van der Waals surface area contributed by atoms with E-state index >= 15 is 0 Å². The van der Waals surface area contributed by atoms with Crippen LogP contribution < -0.4 is 18.9 Å². The van der Waals surface area contributed by atoms with E-state index in [-0.39, 0.29) is 46.5 Å². The summed E-state index contributed by atoms with van der Waals surface area (Å²) in [6, 6.07) is 0. The topological polar surface area (TPSA) is 17.1 Å². The summed E-state index contributed by atoms with van der Waals surface area (Å²) in [5, 5.41) is 0. The molecule has 0 aliphatic carbocycles. The fraction of sp³-hybridized carbons (Fsp3) is 0. The molecule has 0 unspecified atom stereocenters. The second kappa shape index (κ2) is 20.0. The SMILES string of the molecule is [BiH3].[H-].[Li+].[O]=[Ti]. The molecule has 0 heterocycles. The number of hydrogen-bond donors (Lipinski definition) is 0. The van der Waals surface area contributed by atoms with Crippen LogP contribution in [0.1, 0.15) is 1.43 Å². The zero-order valence-electron chi connectivity index (χ0n) is 3.62. The van der Waals surface area contributed by atoms with Gasteiger partial charge in [0.15, 0.2) is 0 Å². The van der Waals surface area contributed by atoms with Crippen molar-refractivity contribution in [3.63, 3.8) is 0 Å². The monoisotopic (exact) mass is 284 g/mol. The molecule has 0 aliphatic heterocycles. The van der Waals surface area contributed by atoms with Crippen molar-refractivity contribution in [2.45, 2.75) is 0 Å². The van der Waals surface area contributed by atoms with Gasteiger partial charge in [0.25, 0.3) is 0 Å². The van der Waals surface area contributed by atoms with Crippen LogP contribution >= 0.6 is 0 Å². The van der Waals surface area contributed by atoms with Gasteiger partial charge in [0.1, 0.15) is 0 Å². The maximum absolute atomic E-state index is 8.25. The van der Waals surface area contributed by atoms with Crippen LogP contribution in [0.5, 0.6) is 0 Å². The molecule has 0 aromatic carbocycles. The predicted octanol–water partition coefficient (Wildman–Crippen LogP) is -4.19. The quantitative estimate of drug-likeness (QED) is 0.412. The Morgan fingerprint density at radius 3 is 1.50 bits per heavy atom. The first-order valence-corrected chi connectivity index (χ1v) is 0.842. The summed E-state index contributed by atoms with van der Waals surface area (Å²) in [4.78, 5) is 0. The van der Waals surface area contributed by atoms with Crippen molar-refractivity contribution in [2.24, 2.45) is 0 Å². The van der Waals surface area contributed by atoms with Gasteiger partial charge in [-0.05, 0) is 0 Å². The Kier molecular flexibility index (Phi) is 83.5. The van der Waals surface area contributed by atoms with Crippen molar-refractivity contribution in [3.05, 3.63) is 0 Å². The van der Waals surface area contributed by atoms with Crippen molar-refractivity contribution in [3.8, 4) is 0 Å². The van der Waals surface area contributed by atoms with Crippen LogP contribution in [-0.4, -0.2) is 26.2 Å². The fourth-order valence-corrected chi connectivity index (χ4v) is 0. The van der Waals surface area contributed by atoms with E-state index in [0.717, 1.165) is 20.4 Å². The van der Waals surface area contributed by atoms with Crippen LogP contribution in [0.2, 0.25) is 0 Å². The van der Waals surface area contributed by atoms with Gasteiger partial charge in [-0.25, -0.2) is 0 Å². The molecule has 0 N–H and O–H groups in total. The average molecular weight is 284 g/mol. The number of rotatable bonds is 0. The van der Waals surface area contributed by atoms with E-state index in [1.165, 1.54) is 0 Å². The van der Waals surface area contributed by atoms with Crippen LogP contribution in [0.3, 0.4) is 0 Å². The maximum atomic E-state index is 8.25. The standard InChI is InChI=1S/Bi.Li.O.Ti.4H/q;+1;;;;;;-1. The minimum atomic E-state index is 0. The molecule has 4 heteroatoms. The molecule has 1 nitrogen and oxygen atoms in total. The summed E-state index contributed by atoms with van der Waals surface area (Å²) in [5.74, 6) is 0. The Morgan fingerprint density at radius 1 is 1.50 bits per heavy atom. The molecule has 0 fully saturated rings. The summed E-state index contributed by atoms with van der Waals surface area (Å²) < 4.78 is 8.25. The fourth-order valence-electron chi connectivity index (χ4n) is 0. The van der Waals surface area contributed by atoms with E-state index in [0.29, 0.717) is 0 Å². The predicted molar refractivity (Wildman–Crippen MR) is 11.7 cm³/mol. The molecule has 0 bridgehead atoms. The molecular formula is H4BiLiOTi. The van der Waals surface area contributed by atoms with Gasteiger partial charge in [-0.15, -0.1) is 0 Å². The molecule has 0 radical (unpaired) electrons. The van der Waals surface area contributed by atoms with Crippen molar-refractivity contribution in [2.75, 3.05) is 0 Å². The first-order valence-electron chi connectivity index (χ1n) is 0.204. The third-order valence-electron chi connectivity index (χ3n) is 0. The Hall–Kier alpha value is 1.99. The zero-order chi connectivity index (χ0) is 2.00. The van der Waals surface area contributed by atoms with Gasteiger partial charge >= 0.3 is 68.8 Å². The molecule has 0 spiro atoms. The van der Waals surface area contributed by atoms with Gasteiger partial charge in [-0.1, -0.05) is 0 Å². The van der Waals surface area contributed by atoms with E-state index in [4.69, 9.17) is 3.32 Å². The molecule has 20 valence electrons. The summed E-state index contributed by atoms with van der Waals surface area (Å²) in [6.07, 6.45) is 0. The molecule has 0 aromatic heterocycles. The van der Waals surface area contributed by atoms with E-state index in [1.807, 2.05) is 0 Å². The third-order valence-corrected chi connectivity index (χ3v) is 0. The Labute approximate surface area is 69.4 Å². The summed E-state index contributed by atoms with van der Waals surface area (Å²) >= 11 is 0.750. The molecular weight excluding hydrogens is 280 g/mol. The van der Waals surface area contributed by atoms with Crippen LogP contribution in [0.25, 0.3) is 0 Å². The molecule has 0 saturated carbocycles. The molecule has 0 atom stereocenters. The van der Waals surface area contributed by atoms with Crippen molar-refractivity contribution >= 4 is 26.2 Å². The van der Waals surface area contributed by atoms with Gasteiger partial charge < -0.3 is 1.43 Å². The van der Waals surface area contributed by atoms with Gasteiger partial charge in [0, 0.05) is 0 Å². The van der Waals surface area contributed by atoms with E-state index in [9.17, 15) is 0 Å². The van der Waals surface area contributed by atoms with Crippen LogP contribution in [0, 0.1) is 0 Å². The van der Waals surface area contributed by atoms with Crippen molar-refractivity contribution in [1.82, 2.24) is 0 Å². The Morgan fingerprint density at radius 2 is 1.50 bits per heavy atom. The summed E-state index contributed by atoms with van der Waals surface area (Å²) in [7, 11) is 0. The van der Waals surface area contributed by atoms with Crippen LogP contribution in [0.4, 0.5) is 0 Å². The van der Waals surface area contributed by atoms with Crippen LogP contribution in [-0.2, 0) is 23.7 Å². The molecule has 0 aromatic rings. The van der Waals surface area contributed by atoms with Gasteiger partial charge in [-0.3, -0.25) is 0 Å². The first kappa shape index (κ1) is 16.7. The second-order valence-electron chi connectivity index (χ2n) is 0. The van der Waals surface area contributed by atoms with Crippen LogP contribution in [0.15, 0.2) is 0 Å². The van der Waals surface area contributed by atoms with Gasteiger partial charge in [-0.2, -0.15) is 0 Å². The van der Waals surface area contributed by atoms with Crippen molar-refractivity contribution in [1.29, 1.82) is 0 Å². The van der Waals surface area contributed by atoms with Gasteiger partial charge in [0.05, 0.1) is 0 Å². The van der Waals surface area contributed by atoms with E-state index < -0.39 is 0 Å². The molecule has 4 heavy (non-hydrogen) atoms. The Bertz CT molecular complexity index is 11.6. The Balaban J connectivity index is -0.00000000167.